The molecule has 0 aliphatic rings. The van der Waals surface area contributed by atoms with E-state index in [1.165, 1.54) is 14.2 Å². The third-order valence-corrected chi connectivity index (χ3v) is 3.76. The molecule has 0 radical (unpaired) electrons. The molecule has 0 heterocycles. The zero-order valence-electron chi connectivity index (χ0n) is 9.38. The van der Waals surface area contributed by atoms with Gasteiger partial charge < -0.3 is 14.4 Å². The summed E-state index contributed by atoms with van der Waals surface area (Å²) in [5, 5.41) is 3.03. The molecule has 1 aromatic carbocycles. The van der Waals surface area contributed by atoms with Crippen LogP contribution < -0.4 is 5.32 Å². The number of hydrogen-bond donors (Lipinski definition) is 1. The van der Waals surface area contributed by atoms with E-state index in [2.05, 4.69) is 5.32 Å². The van der Waals surface area contributed by atoms with E-state index in [1.54, 1.807) is 0 Å². The van der Waals surface area contributed by atoms with Crippen LogP contribution >= 0.6 is 20.0 Å². The molecule has 0 saturated carbocycles. The van der Waals surface area contributed by atoms with E-state index in [0.29, 0.717) is 6.54 Å². The molecule has 0 aromatic heterocycles. The molecule has 0 atom stereocenters. The monoisotopic (exact) mass is 265 g/mol. The van der Waals surface area contributed by atoms with Crippen molar-refractivity contribution >= 4 is 20.0 Å². The molecule has 1 N–H and O–H groups in total. The summed E-state index contributed by atoms with van der Waals surface area (Å²) in [6.45, 7) is 0.650. The molecular weight excluding hydrogens is 249 g/mol. The average molecular weight is 266 g/mol. The van der Waals surface area contributed by atoms with Crippen molar-refractivity contribution in [1.29, 1.82) is 0 Å². The third kappa shape index (κ3) is 5.10. The number of rotatable bonds is 6. The lowest BCUT2D eigenvalue weighted by Gasteiger charge is -2.14. The van der Waals surface area contributed by atoms with Crippen molar-refractivity contribution < 1.29 is 13.6 Å². The zero-order valence-corrected chi connectivity index (χ0v) is 11.1. The molecule has 0 spiro atoms. The minimum atomic E-state index is -2.93. The summed E-state index contributed by atoms with van der Waals surface area (Å²) in [7, 11) is -0.162. The molecule has 16 heavy (non-hydrogen) atoms. The normalized spacial score (nSPS) is 10.9. The lowest BCUT2D eigenvalue weighted by molar-refractivity contribution is 0.273. The van der Waals surface area contributed by atoms with Crippen LogP contribution in [0.4, 0.5) is 0 Å². The first kappa shape index (κ1) is 15.6. The van der Waals surface area contributed by atoms with Gasteiger partial charge in [-0.1, -0.05) is 30.3 Å². The van der Waals surface area contributed by atoms with Gasteiger partial charge >= 0.3 is 7.60 Å². The second-order valence-electron chi connectivity index (χ2n) is 3.05. The van der Waals surface area contributed by atoms with Gasteiger partial charge in [-0.2, -0.15) is 0 Å². The molecule has 4 nitrogen and oxygen atoms in total. The van der Waals surface area contributed by atoms with Crippen LogP contribution in [0.5, 0.6) is 0 Å². The van der Waals surface area contributed by atoms with Crippen LogP contribution in [0.2, 0.25) is 0 Å². The Morgan fingerprint density at radius 1 is 1.19 bits per heavy atom. The van der Waals surface area contributed by atoms with Crippen LogP contribution in [0.1, 0.15) is 5.56 Å². The van der Waals surface area contributed by atoms with Crippen molar-refractivity contribution in [3.63, 3.8) is 0 Å². The first-order chi connectivity index (χ1) is 7.20. The molecular formula is C10H17ClNO3P. The Kier molecular flexibility index (Phi) is 7.64. The summed E-state index contributed by atoms with van der Waals surface area (Å²) in [4.78, 5) is 0. The van der Waals surface area contributed by atoms with Crippen molar-refractivity contribution in [2.24, 2.45) is 0 Å². The minimum absolute atomic E-state index is 0. The highest BCUT2D eigenvalue weighted by atomic mass is 35.5. The SMILES string of the molecule is COP(=O)(CNCc1ccccc1)OC.Cl. The first-order valence-electron chi connectivity index (χ1n) is 4.65. The van der Waals surface area contributed by atoms with Gasteiger partial charge in [-0.3, -0.25) is 4.57 Å². The van der Waals surface area contributed by atoms with Gasteiger partial charge in [0.1, 0.15) is 0 Å². The van der Waals surface area contributed by atoms with Crippen LogP contribution in [0.15, 0.2) is 30.3 Å². The van der Waals surface area contributed by atoms with Crippen LogP contribution in [-0.2, 0) is 20.2 Å². The van der Waals surface area contributed by atoms with E-state index in [-0.39, 0.29) is 18.7 Å². The first-order valence-corrected chi connectivity index (χ1v) is 6.38. The molecule has 1 rings (SSSR count). The van der Waals surface area contributed by atoms with Crippen molar-refractivity contribution in [3.05, 3.63) is 35.9 Å². The molecule has 1 aromatic rings. The van der Waals surface area contributed by atoms with Crippen molar-refractivity contribution in [2.45, 2.75) is 6.54 Å². The van der Waals surface area contributed by atoms with E-state index in [0.717, 1.165) is 5.56 Å². The number of nitrogens with one attached hydrogen (secondary N) is 1. The van der Waals surface area contributed by atoms with Gasteiger partial charge in [0.2, 0.25) is 0 Å². The summed E-state index contributed by atoms with van der Waals surface area (Å²) in [5.41, 5.74) is 1.14. The lowest BCUT2D eigenvalue weighted by Crippen LogP contribution is -2.16. The largest absolute Gasteiger partial charge is 0.343 e. The van der Waals surface area contributed by atoms with E-state index in [4.69, 9.17) is 9.05 Å². The topological polar surface area (TPSA) is 47.6 Å². The molecule has 0 amide bonds. The summed E-state index contributed by atoms with van der Waals surface area (Å²) in [6.07, 6.45) is 0.217. The fourth-order valence-corrected chi connectivity index (χ4v) is 1.93. The molecule has 0 bridgehead atoms. The molecule has 0 aliphatic heterocycles. The van der Waals surface area contributed by atoms with E-state index < -0.39 is 7.60 Å². The van der Waals surface area contributed by atoms with Gasteiger partial charge in [0, 0.05) is 20.8 Å². The molecule has 0 unspecified atom stereocenters. The highest BCUT2D eigenvalue weighted by molar-refractivity contribution is 7.53. The molecule has 92 valence electrons. The van der Waals surface area contributed by atoms with Gasteiger partial charge in [0.05, 0.1) is 6.29 Å². The molecule has 6 heteroatoms. The van der Waals surface area contributed by atoms with Crippen LogP contribution in [0.25, 0.3) is 0 Å². The fraction of sp³-hybridized carbons (Fsp3) is 0.400. The quantitative estimate of drug-likeness (QED) is 0.804. The maximum Gasteiger partial charge on any atom is 0.343 e. The summed E-state index contributed by atoms with van der Waals surface area (Å²) in [5.74, 6) is 0. The van der Waals surface area contributed by atoms with Gasteiger partial charge in [-0.15, -0.1) is 12.4 Å². The van der Waals surface area contributed by atoms with Gasteiger partial charge in [0.25, 0.3) is 0 Å². The maximum atomic E-state index is 11.6. The van der Waals surface area contributed by atoms with Gasteiger partial charge in [0.15, 0.2) is 0 Å². The Morgan fingerprint density at radius 3 is 2.25 bits per heavy atom. The number of hydrogen-bond acceptors (Lipinski definition) is 4. The van der Waals surface area contributed by atoms with Crippen molar-refractivity contribution in [2.75, 3.05) is 20.5 Å². The summed E-state index contributed by atoms with van der Waals surface area (Å²) in [6, 6.07) is 9.88. The third-order valence-electron chi connectivity index (χ3n) is 2.03. The minimum Gasteiger partial charge on any atom is -0.311 e. The Morgan fingerprint density at radius 2 is 1.75 bits per heavy atom. The zero-order chi connectivity index (χ0) is 11.1. The highest BCUT2D eigenvalue weighted by Crippen LogP contribution is 2.44. The second-order valence-corrected chi connectivity index (χ2v) is 5.31. The number of halogens is 1. The van der Waals surface area contributed by atoms with Crippen molar-refractivity contribution in [1.82, 2.24) is 5.32 Å². The van der Waals surface area contributed by atoms with E-state index in [9.17, 15) is 4.57 Å². The Hall–Kier alpha value is -0.380. The Labute approximate surface area is 102 Å². The standard InChI is InChI=1S/C10H16NO3P.ClH/c1-13-15(12,14-2)9-11-8-10-6-4-3-5-7-10;/h3-7,11H,8-9H2,1-2H3;1H. The molecule has 0 aliphatic carbocycles. The average Bonchev–Trinajstić information content (AvgIpc) is 2.30. The maximum absolute atomic E-state index is 11.6. The van der Waals surface area contributed by atoms with E-state index >= 15 is 0 Å². The smallest absolute Gasteiger partial charge is 0.311 e. The van der Waals surface area contributed by atoms with Gasteiger partial charge in [-0.25, -0.2) is 0 Å². The van der Waals surface area contributed by atoms with Crippen molar-refractivity contribution in [3.8, 4) is 0 Å². The highest BCUT2D eigenvalue weighted by Gasteiger charge is 2.19. The van der Waals surface area contributed by atoms with Crippen LogP contribution in [-0.4, -0.2) is 20.5 Å². The lowest BCUT2D eigenvalue weighted by atomic mass is 10.2. The predicted molar refractivity (Wildman–Crippen MR) is 67.0 cm³/mol. The Bertz CT molecular complexity index is 326. The van der Waals surface area contributed by atoms with Crippen LogP contribution in [0, 0.1) is 0 Å². The second kappa shape index (κ2) is 7.82. The predicted octanol–water partition coefficient (Wildman–Crippen LogP) is 2.64. The summed E-state index contributed by atoms with van der Waals surface area (Å²) >= 11 is 0. The molecule has 0 fully saturated rings. The van der Waals surface area contributed by atoms with Crippen LogP contribution in [0.3, 0.4) is 0 Å². The summed E-state index contributed by atoms with van der Waals surface area (Å²) < 4.78 is 21.2. The Balaban J connectivity index is 0.00000225. The number of benzene rings is 1. The van der Waals surface area contributed by atoms with E-state index in [1.807, 2.05) is 30.3 Å². The van der Waals surface area contributed by atoms with Gasteiger partial charge in [-0.05, 0) is 5.56 Å². The fourth-order valence-electron chi connectivity index (χ4n) is 1.14. The molecule has 0 saturated heterocycles.